The molecule has 0 fully saturated rings. The molecule has 1 heterocycles. The van der Waals surface area contributed by atoms with Crippen molar-refractivity contribution in [2.75, 3.05) is 0 Å². The molecule has 0 aliphatic carbocycles. The van der Waals surface area contributed by atoms with Gasteiger partial charge in [-0.2, -0.15) is 0 Å². The van der Waals surface area contributed by atoms with Crippen LogP contribution in [0, 0.1) is 10.1 Å². The van der Waals surface area contributed by atoms with E-state index < -0.39 is 10.8 Å². The third kappa shape index (κ3) is 3.62. The van der Waals surface area contributed by atoms with Gasteiger partial charge in [0, 0.05) is 35.5 Å². The van der Waals surface area contributed by atoms with Crippen LogP contribution in [0.5, 0.6) is 0 Å². The Hall–Kier alpha value is -2.25. The van der Waals surface area contributed by atoms with Gasteiger partial charge in [-0.25, -0.2) is 0 Å². The van der Waals surface area contributed by atoms with Crippen molar-refractivity contribution in [3.8, 4) is 0 Å². The molecule has 0 saturated heterocycles. The number of nitro benzene ring substituents is 1. The second-order valence-electron chi connectivity index (χ2n) is 4.20. The molecule has 0 bridgehead atoms. The largest absolute Gasteiger partial charge is 0.366 e. The van der Waals surface area contributed by atoms with Crippen LogP contribution in [0.3, 0.4) is 0 Å². The number of nitrogens with zero attached hydrogens (tertiary/aromatic N) is 1. The van der Waals surface area contributed by atoms with Crippen molar-refractivity contribution in [3.63, 3.8) is 0 Å². The molecule has 104 valence electrons. The number of rotatable bonds is 6. The maximum Gasteiger partial charge on any atom is 0.269 e. The van der Waals surface area contributed by atoms with Gasteiger partial charge in [0.2, 0.25) is 5.91 Å². The highest BCUT2D eigenvalue weighted by atomic mass is 32.1. The monoisotopic (exact) mass is 291 g/mol. The van der Waals surface area contributed by atoms with E-state index in [9.17, 15) is 14.9 Å². The van der Waals surface area contributed by atoms with E-state index in [1.54, 1.807) is 17.5 Å². The van der Waals surface area contributed by atoms with E-state index in [0.29, 0.717) is 18.7 Å². The number of non-ortho nitro benzene ring substituents is 1. The average molecular weight is 291 g/mol. The van der Waals surface area contributed by atoms with Crippen molar-refractivity contribution in [3.05, 3.63) is 61.8 Å². The fraction of sp³-hybridized carbons (Fsp3) is 0.154. The van der Waals surface area contributed by atoms with E-state index in [0.717, 1.165) is 10.4 Å². The summed E-state index contributed by atoms with van der Waals surface area (Å²) in [6.45, 7) is 1.10. The average Bonchev–Trinajstić information content (AvgIpc) is 2.88. The van der Waals surface area contributed by atoms with Crippen LogP contribution in [0.2, 0.25) is 0 Å². The zero-order chi connectivity index (χ0) is 14.5. The van der Waals surface area contributed by atoms with Gasteiger partial charge in [-0.3, -0.25) is 14.9 Å². The van der Waals surface area contributed by atoms with Crippen molar-refractivity contribution in [1.29, 1.82) is 0 Å². The Balaban J connectivity index is 1.90. The summed E-state index contributed by atoms with van der Waals surface area (Å²) in [5, 5.41) is 15.5. The van der Waals surface area contributed by atoms with E-state index >= 15 is 0 Å². The molecule has 2 rings (SSSR count). The number of nitro groups is 1. The van der Waals surface area contributed by atoms with E-state index in [2.05, 4.69) is 5.32 Å². The van der Waals surface area contributed by atoms with Gasteiger partial charge >= 0.3 is 0 Å². The third-order valence-corrected chi connectivity index (χ3v) is 3.62. The minimum absolute atomic E-state index is 0.0800. The van der Waals surface area contributed by atoms with Crippen molar-refractivity contribution in [2.45, 2.75) is 13.1 Å². The summed E-state index contributed by atoms with van der Waals surface area (Å²) in [6, 6.07) is 8.22. The first-order valence-electron chi connectivity index (χ1n) is 5.87. The molecular weight excluding hydrogens is 278 g/mol. The Morgan fingerprint density at radius 2 is 2.15 bits per heavy atom. The summed E-state index contributed by atoms with van der Waals surface area (Å²) in [5.41, 5.74) is 6.60. The molecular formula is C13H13N3O3S. The summed E-state index contributed by atoms with van der Waals surface area (Å²) in [4.78, 5) is 22.2. The molecule has 0 spiro atoms. The number of hydrogen-bond donors (Lipinski definition) is 2. The van der Waals surface area contributed by atoms with Gasteiger partial charge in [0.25, 0.3) is 5.69 Å². The van der Waals surface area contributed by atoms with Gasteiger partial charge in [0.1, 0.15) is 0 Å². The standard InChI is InChI=1S/C13H13N3O3S/c14-13(17)10-5-12(20-8-10)7-15-6-9-2-1-3-11(4-9)16(18)19/h1-5,8,15H,6-7H2,(H2,14,17). The molecule has 1 aromatic carbocycles. The predicted octanol–water partition coefficient (Wildman–Crippen LogP) is 2.04. The minimum Gasteiger partial charge on any atom is -0.366 e. The highest BCUT2D eigenvalue weighted by Crippen LogP contribution is 2.15. The lowest BCUT2D eigenvalue weighted by atomic mass is 10.2. The van der Waals surface area contributed by atoms with Crippen LogP contribution in [0.25, 0.3) is 0 Å². The molecule has 1 amide bonds. The molecule has 0 unspecified atom stereocenters. The number of thiophene rings is 1. The zero-order valence-electron chi connectivity index (χ0n) is 10.5. The van der Waals surface area contributed by atoms with Crippen LogP contribution in [0.15, 0.2) is 35.7 Å². The van der Waals surface area contributed by atoms with Crippen LogP contribution in [0.1, 0.15) is 20.8 Å². The number of nitrogens with one attached hydrogen (secondary N) is 1. The lowest BCUT2D eigenvalue weighted by molar-refractivity contribution is -0.384. The number of carbonyl (C=O) groups is 1. The summed E-state index contributed by atoms with van der Waals surface area (Å²) in [5.74, 6) is -0.439. The van der Waals surface area contributed by atoms with E-state index in [-0.39, 0.29) is 5.69 Å². The highest BCUT2D eigenvalue weighted by molar-refractivity contribution is 7.10. The van der Waals surface area contributed by atoms with Crippen molar-refractivity contribution >= 4 is 22.9 Å². The van der Waals surface area contributed by atoms with Gasteiger partial charge in [-0.1, -0.05) is 12.1 Å². The molecule has 2 aromatic rings. The normalized spacial score (nSPS) is 10.4. The molecule has 0 saturated carbocycles. The maximum absolute atomic E-state index is 11.0. The van der Waals surface area contributed by atoms with Gasteiger partial charge in [-0.05, 0) is 11.6 Å². The van der Waals surface area contributed by atoms with E-state index in [4.69, 9.17) is 5.73 Å². The van der Waals surface area contributed by atoms with Crippen LogP contribution in [0.4, 0.5) is 5.69 Å². The Bertz CT molecular complexity index is 639. The molecule has 0 atom stereocenters. The minimum atomic E-state index is -0.439. The molecule has 20 heavy (non-hydrogen) atoms. The molecule has 6 nitrogen and oxygen atoms in total. The maximum atomic E-state index is 11.0. The number of nitrogens with two attached hydrogens (primary N) is 1. The van der Waals surface area contributed by atoms with Crippen LogP contribution < -0.4 is 11.1 Å². The van der Waals surface area contributed by atoms with Gasteiger partial charge in [0.05, 0.1) is 10.5 Å². The second-order valence-corrected chi connectivity index (χ2v) is 5.19. The fourth-order valence-corrected chi connectivity index (χ4v) is 2.56. The molecule has 3 N–H and O–H groups in total. The Morgan fingerprint density at radius 1 is 1.35 bits per heavy atom. The summed E-state index contributed by atoms with van der Waals surface area (Å²) in [6.07, 6.45) is 0. The first-order valence-corrected chi connectivity index (χ1v) is 6.75. The van der Waals surface area contributed by atoms with Gasteiger partial charge in [-0.15, -0.1) is 11.3 Å². The van der Waals surface area contributed by atoms with Gasteiger partial charge in [0.15, 0.2) is 0 Å². The van der Waals surface area contributed by atoms with Crippen LogP contribution in [-0.4, -0.2) is 10.8 Å². The number of amides is 1. The lowest BCUT2D eigenvalue weighted by Crippen LogP contribution is -2.12. The van der Waals surface area contributed by atoms with Crippen molar-refractivity contribution < 1.29 is 9.72 Å². The van der Waals surface area contributed by atoms with Crippen molar-refractivity contribution in [2.24, 2.45) is 5.73 Å². The van der Waals surface area contributed by atoms with Crippen molar-refractivity contribution in [1.82, 2.24) is 5.32 Å². The summed E-state index contributed by atoms with van der Waals surface area (Å²) >= 11 is 1.45. The van der Waals surface area contributed by atoms with Gasteiger partial charge < -0.3 is 11.1 Å². The molecule has 0 aliphatic heterocycles. The Labute approximate surface area is 119 Å². The highest BCUT2D eigenvalue weighted by Gasteiger charge is 2.06. The number of hydrogen-bond acceptors (Lipinski definition) is 5. The molecule has 0 radical (unpaired) electrons. The molecule has 0 aliphatic rings. The fourth-order valence-electron chi connectivity index (χ4n) is 1.71. The smallest absolute Gasteiger partial charge is 0.269 e. The Morgan fingerprint density at radius 3 is 2.80 bits per heavy atom. The number of carbonyl (C=O) groups excluding carboxylic acids is 1. The van der Waals surface area contributed by atoms with E-state index in [1.807, 2.05) is 6.07 Å². The quantitative estimate of drug-likeness (QED) is 0.628. The SMILES string of the molecule is NC(=O)c1csc(CNCc2cccc([N+](=O)[O-])c2)c1. The Kier molecular flexibility index (Phi) is 4.44. The number of primary amides is 1. The molecule has 7 heteroatoms. The second kappa shape index (κ2) is 6.27. The van der Waals surface area contributed by atoms with E-state index in [1.165, 1.54) is 23.5 Å². The van der Waals surface area contributed by atoms with Crippen LogP contribution in [-0.2, 0) is 13.1 Å². The number of benzene rings is 1. The molecule has 1 aromatic heterocycles. The summed E-state index contributed by atoms with van der Waals surface area (Å²) in [7, 11) is 0. The lowest BCUT2D eigenvalue weighted by Gasteiger charge is -2.03. The summed E-state index contributed by atoms with van der Waals surface area (Å²) < 4.78 is 0. The predicted molar refractivity (Wildman–Crippen MR) is 76.5 cm³/mol. The van der Waals surface area contributed by atoms with Crippen LogP contribution >= 0.6 is 11.3 Å². The first kappa shape index (κ1) is 14.2. The topological polar surface area (TPSA) is 98.3 Å². The third-order valence-electron chi connectivity index (χ3n) is 2.69. The first-order chi connectivity index (χ1) is 9.56. The zero-order valence-corrected chi connectivity index (χ0v) is 11.4.